The number of amides is 15. The summed E-state index contributed by atoms with van der Waals surface area (Å²) in [7, 11) is 6.56. The Morgan fingerprint density at radius 2 is 0.923 bits per heavy atom. The molecule has 0 saturated carbocycles. The van der Waals surface area contributed by atoms with Crippen LogP contribution < -0.4 is 53.6 Å². The van der Waals surface area contributed by atoms with Crippen molar-refractivity contribution in [1.29, 1.82) is 0 Å². The fourth-order valence-electron chi connectivity index (χ4n) is 15.1. The fraction of sp³-hybridized carbons (Fsp3) is 0.426. The van der Waals surface area contributed by atoms with Crippen LogP contribution >= 0.6 is 11.8 Å². The number of carbonyl (C=O) groups is 16. The number of benzene rings is 6. The van der Waals surface area contributed by atoms with Gasteiger partial charge in [-0.25, -0.2) is 0 Å². The van der Waals surface area contributed by atoms with Crippen LogP contribution in [0.15, 0.2) is 170 Å². The number of phenols is 2. The van der Waals surface area contributed by atoms with Gasteiger partial charge < -0.3 is 98.4 Å². The number of unbranched alkanes of at least 4 members (excludes halogenated alkanes) is 1. The number of carboxylic acids is 1. The molecule has 1 aliphatic heterocycles. The Bertz CT molecular complexity index is 5100. The second-order valence-corrected chi connectivity index (χ2v) is 34.5. The molecular weight excluding hydrogens is 1690 g/mol. The normalized spacial score (nSPS) is 22.4. The van der Waals surface area contributed by atoms with E-state index in [4.69, 9.17) is 5.73 Å². The number of primary amides is 1. The van der Waals surface area contributed by atoms with E-state index in [-0.39, 0.29) is 74.5 Å². The van der Waals surface area contributed by atoms with Crippen molar-refractivity contribution in [2.75, 3.05) is 59.8 Å². The first-order valence-electron chi connectivity index (χ1n) is 43.1. The maximum atomic E-state index is 15.6. The van der Waals surface area contributed by atoms with Gasteiger partial charge in [-0.2, -0.15) is 0 Å². The minimum absolute atomic E-state index is 0.0227. The van der Waals surface area contributed by atoms with Gasteiger partial charge in [-0.05, 0) is 95.3 Å². The summed E-state index contributed by atoms with van der Waals surface area (Å²) in [4.78, 5) is 244. The van der Waals surface area contributed by atoms with Gasteiger partial charge in [0.1, 0.15) is 84.0 Å². The Kier molecular flexibility index (Phi) is 38.4. The van der Waals surface area contributed by atoms with E-state index in [1.807, 2.05) is 6.92 Å². The molecule has 0 spiro atoms. The number of carbonyl (C=O) groups excluding carboxylic acids is 15. The number of para-hydroxylation sites is 1. The van der Waals surface area contributed by atoms with Crippen LogP contribution in [0.2, 0.25) is 0 Å². The lowest BCUT2D eigenvalue weighted by Gasteiger charge is -2.38. The predicted molar refractivity (Wildman–Crippen MR) is 487 cm³/mol. The second-order valence-electron chi connectivity index (χ2n) is 33.4. The molecule has 36 heteroatoms. The molecule has 15 amide bonds. The van der Waals surface area contributed by atoms with Crippen LogP contribution in [0.4, 0.5) is 0 Å². The maximum absolute atomic E-state index is 15.6. The minimum Gasteiger partial charge on any atom is -0.508 e. The number of nitrogens with two attached hydrogens (primary N) is 1. The number of thioether (sulfide) groups is 1. The standard InChI is InChI=1S/C94H120N16O19S/c1-12-13-33-75-92(127)107(8)57(6)83(118)100-71(49-81(116)117)88(123)105-82(56(4)5)94(129)109(10)76(46-59-27-19-15-20-28-59)89(124)103-72(45-62-36-40-65(112)41-37-62)90(125)106(7)52-79(114)98-70(48-63-50-96-67-32-24-23-31-66(63)67)87(122)102-69(43-61-34-38-64(111)39-35-61)86(121)101-68(42-55(2)3)85(120)104-74(84(119)97-51-78(95)113)53-130-54-80(115)99-73(44-58-25-17-14-18-26-58)91(126)110(11)77(93(128)108(75)9)47-60-29-21-16-22-30-60/h14-32,34-41,50,55-57,68-77,82,96,111-112H,12-13,33,42-49,51-54H2,1-11H3,(H2,95,113)(H,97,119)(H,98,114)(H,99,115)(H,100,118)(H,101,121)(H,102,122)(H,103,124)(H,104,120)(H,105,123)(H,116,117)/t57-,68-,69-,70-,71-,72-,73-,74-,75-,76-,77-,82-/m0/s1. The molecule has 8 rings (SSSR count). The molecule has 0 radical (unpaired) electrons. The summed E-state index contributed by atoms with van der Waals surface area (Å²) in [5.74, 6) is -17.5. The molecule has 1 fully saturated rings. The highest BCUT2D eigenvalue weighted by Crippen LogP contribution is 2.25. The molecule has 15 N–H and O–H groups in total. The van der Waals surface area contributed by atoms with Crippen LogP contribution in [0, 0.1) is 11.8 Å². The van der Waals surface area contributed by atoms with Gasteiger partial charge in [-0.1, -0.05) is 181 Å². The second kappa shape index (κ2) is 49.0. The lowest BCUT2D eigenvalue weighted by Crippen LogP contribution is -2.61. The van der Waals surface area contributed by atoms with Gasteiger partial charge in [-0.15, -0.1) is 11.8 Å². The van der Waals surface area contributed by atoms with E-state index >= 15 is 38.4 Å². The van der Waals surface area contributed by atoms with Gasteiger partial charge in [0.05, 0.1) is 25.3 Å². The topological polar surface area (TPSA) is 500 Å². The number of rotatable bonds is 23. The third-order valence-corrected chi connectivity index (χ3v) is 23.6. The Morgan fingerprint density at radius 1 is 0.469 bits per heavy atom. The molecule has 1 saturated heterocycles. The van der Waals surface area contributed by atoms with Crippen molar-refractivity contribution in [2.45, 2.75) is 185 Å². The number of aliphatic carboxylic acids is 1. The van der Waals surface area contributed by atoms with Crippen molar-refractivity contribution in [3.05, 3.63) is 203 Å². The third kappa shape index (κ3) is 30.0. The molecule has 2 heterocycles. The van der Waals surface area contributed by atoms with Crippen LogP contribution in [0.5, 0.6) is 11.5 Å². The van der Waals surface area contributed by atoms with Gasteiger partial charge >= 0.3 is 5.97 Å². The van der Waals surface area contributed by atoms with E-state index in [1.165, 1.54) is 100 Å². The number of hydrogen-bond acceptors (Lipinski definition) is 19. The summed E-state index contributed by atoms with van der Waals surface area (Å²) in [5.41, 5.74) is 9.11. The van der Waals surface area contributed by atoms with Crippen LogP contribution in [-0.2, 0) is 115 Å². The van der Waals surface area contributed by atoms with Gasteiger partial charge in [0.15, 0.2) is 0 Å². The monoisotopic (exact) mass is 1810 g/mol. The number of carboxylic acid groups (broad SMARTS) is 1. The number of hydrogen-bond donors (Lipinski definition) is 14. The van der Waals surface area contributed by atoms with Crippen molar-refractivity contribution >= 4 is 117 Å². The molecular formula is C94H120N16O19S. The molecule has 0 bridgehead atoms. The first-order chi connectivity index (χ1) is 61.8. The number of aromatic amines is 1. The van der Waals surface area contributed by atoms with Gasteiger partial charge in [0.25, 0.3) is 0 Å². The van der Waals surface area contributed by atoms with E-state index in [9.17, 15) is 53.7 Å². The van der Waals surface area contributed by atoms with Crippen molar-refractivity contribution in [3.63, 3.8) is 0 Å². The summed E-state index contributed by atoms with van der Waals surface area (Å²) in [6, 6.07) is 25.7. The zero-order valence-electron chi connectivity index (χ0n) is 75.0. The van der Waals surface area contributed by atoms with E-state index in [1.54, 1.807) is 149 Å². The summed E-state index contributed by atoms with van der Waals surface area (Å²) in [6.45, 7) is 8.30. The highest BCUT2D eigenvalue weighted by atomic mass is 32.2. The fourth-order valence-corrected chi connectivity index (χ4v) is 15.9. The molecule has 35 nitrogen and oxygen atoms in total. The van der Waals surface area contributed by atoms with Crippen molar-refractivity contribution < 1.29 is 92.0 Å². The summed E-state index contributed by atoms with van der Waals surface area (Å²) >= 11 is 0.829. The highest BCUT2D eigenvalue weighted by molar-refractivity contribution is 8.00. The molecule has 6 aromatic carbocycles. The number of nitrogens with one attached hydrogen (secondary N) is 10. The number of aromatic nitrogens is 1. The SMILES string of the molecule is CCCC[C@H]1C(=O)N(C)[C@@H](C)C(=O)N[C@@H](CC(=O)O)C(=O)N[C@@H](C(C)C)C(=O)N(C)[C@@H](Cc2ccccc2)C(=O)N[C@@H](Cc2ccc(O)cc2)C(=O)N(C)CC(=O)N[C@@H](Cc2c[nH]c3ccccc23)C(=O)N[C@@H](Cc2ccc(O)cc2)C(=O)N[C@@H](CC(C)C)C(=O)N[C@H](C(=O)NCC(N)=O)CSCC(=O)N[C@@H](Cc2ccccc2)C(=O)N(C)[C@@H](Cc2ccccc2)C(=O)N1C. The first-order valence-corrected chi connectivity index (χ1v) is 44.3. The molecule has 1 aliphatic rings. The van der Waals surface area contributed by atoms with E-state index < -0.39 is 198 Å². The highest BCUT2D eigenvalue weighted by Gasteiger charge is 2.43. The number of aromatic hydroxyl groups is 2. The maximum Gasteiger partial charge on any atom is 0.305 e. The Morgan fingerprint density at radius 3 is 1.47 bits per heavy atom. The number of phenolic OH excluding ortho intramolecular Hbond substituents is 2. The van der Waals surface area contributed by atoms with Crippen molar-refractivity contribution in [3.8, 4) is 11.5 Å². The molecule has 1 aromatic heterocycles. The average Bonchev–Trinajstić information content (AvgIpc) is 1.47. The lowest BCUT2D eigenvalue weighted by atomic mass is 9.98. The molecule has 130 heavy (non-hydrogen) atoms. The number of nitrogens with zero attached hydrogens (tertiary/aromatic N) is 5. The van der Waals surface area contributed by atoms with Crippen LogP contribution in [0.1, 0.15) is 107 Å². The zero-order valence-corrected chi connectivity index (χ0v) is 75.8. The molecule has 696 valence electrons. The number of likely N-dealkylation sites (N-methyl/N-ethyl adjacent to an activating group) is 5. The summed E-state index contributed by atoms with van der Waals surface area (Å²) in [5, 5.41) is 55.8. The molecule has 12 atom stereocenters. The smallest absolute Gasteiger partial charge is 0.305 e. The van der Waals surface area contributed by atoms with Gasteiger partial charge in [0, 0.05) is 96.6 Å². The van der Waals surface area contributed by atoms with Crippen molar-refractivity contribution in [2.24, 2.45) is 17.6 Å². The lowest BCUT2D eigenvalue weighted by molar-refractivity contribution is -0.152. The van der Waals surface area contributed by atoms with Gasteiger partial charge in [0.2, 0.25) is 88.6 Å². The molecule has 0 aliphatic carbocycles. The Balaban J connectivity index is 1.22. The van der Waals surface area contributed by atoms with Crippen LogP contribution in [0.25, 0.3) is 10.9 Å². The zero-order chi connectivity index (χ0) is 95.2. The first kappa shape index (κ1) is 102. The van der Waals surface area contributed by atoms with E-state index in [2.05, 4.69) is 52.8 Å². The average molecular weight is 1810 g/mol. The number of fused-ring (bicyclic) bond motifs is 1. The predicted octanol–water partition coefficient (Wildman–Crippen LogP) is 2.72. The van der Waals surface area contributed by atoms with E-state index in [0.29, 0.717) is 57.1 Å². The van der Waals surface area contributed by atoms with Gasteiger partial charge in [-0.3, -0.25) is 76.7 Å². The Labute approximate surface area is 759 Å². The third-order valence-electron chi connectivity index (χ3n) is 22.6. The summed E-state index contributed by atoms with van der Waals surface area (Å²) in [6.07, 6.45) is 0.0572. The summed E-state index contributed by atoms with van der Waals surface area (Å²) < 4.78 is 0. The number of H-pyrrole nitrogens is 1. The van der Waals surface area contributed by atoms with E-state index in [0.717, 1.165) is 26.5 Å². The minimum atomic E-state index is -1.92. The quantitative estimate of drug-likeness (QED) is 0.0438. The largest absolute Gasteiger partial charge is 0.508 e. The molecule has 7 aromatic rings. The Hall–Kier alpha value is -13.7. The van der Waals surface area contributed by atoms with Crippen molar-refractivity contribution in [1.82, 2.24) is 77.3 Å². The van der Waals surface area contributed by atoms with Crippen LogP contribution in [-0.4, -0.2) is 272 Å². The van der Waals surface area contributed by atoms with Crippen LogP contribution in [0.3, 0.4) is 0 Å². The molecule has 0 unspecified atom stereocenters.